The Morgan fingerprint density at radius 2 is 1.91 bits per heavy atom. The molecule has 0 radical (unpaired) electrons. The molecular weight excluding hydrogens is 286 g/mol. The molecule has 0 bridgehead atoms. The molecule has 0 aliphatic rings. The zero-order valence-electron chi connectivity index (χ0n) is 13.6. The van der Waals surface area contributed by atoms with Gasteiger partial charge in [0, 0.05) is 35.0 Å². The van der Waals surface area contributed by atoms with E-state index < -0.39 is 0 Å². The average molecular weight is 309 g/mol. The monoisotopic (exact) mass is 309 g/mol. The Kier molecular flexibility index (Phi) is 5.52. The molecule has 0 aliphatic heterocycles. The van der Waals surface area contributed by atoms with E-state index in [2.05, 4.69) is 24.4 Å². The lowest BCUT2D eigenvalue weighted by molar-refractivity contribution is 0.0951. The van der Waals surface area contributed by atoms with Gasteiger partial charge in [0.05, 0.1) is 0 Å². The van der Waals surface area contributed by atoms with Crippen molar-refractivity contribution in [2.45, 2.75) is 26.2 Å². The Morgan fingerprint density at radius 3 is 2.52 bits per heavy atom. The number of hydrogen-bond acceptors (Lipinski definition) is 3. The topological polar surface area (TPSA) is 79.0 Å². The van der Waals surface area contributed by atoms with Crippen LogP contribution in [0.4, 0.5) is 5.69 Å². The van der Waals surface area contributed by atoms with Crippen LogP contribution in [0, 0.1) is 5.41 Å². The van der Waals surface area contributed by atoms with Crippen LogP contribution in [0.2, 0.25) is 0 Å². The van der Waals surface area contributed by atoms with Crippen LogP contribution in [0.1, 0.15) is 47.7 Å². The van der Waals surface area contributed by atoms with Gasteiger partial charge in [0.25, 0.3) is 5.91 Å². The second kappa shape index (κ2) is 7.58. The van der Waals surface area contributed by atoms with Gasteiger partial charge in [-0.1, -0.05) is 37.3 Å². The molecule has 23 heavy (non-hydrogen) atoms. The maximum absolute atomic E-state index is 12.4. The van der Waals surface area contributed by atoms with E-state index in [0.29, 0.717) is 29.1 Å². The first-order valence-corrected chi connectivity index (χ1v) is 7.81. The predicted molar refractivity (Wildman–Crippen MR) is 95.2 cm³/mol. The van der Waals surface area contributed by atoms with E-state index in [-0.39, 0.29) is 11.8 Å². The van der Waals surface area contributed by atoms with Crippen molar-refractivity contribution >= 4 is 17.3 Å². The van der Waals surface area contributed by atoms with Gasteiger partial charge in [0.15, 0.2) is 0 Å². The molecular formula is C19H23N3O. The van der Waals surface area contributed by atoms with Gasteiger partial charge in [-0.2, -0.15) is 0 Å². The van der Waals surface area contributed by atoms with Gasteiger partial charge >= 0.3 is 0 Å². The second-order valence-corrected chi connectivity index (χ2v) is 5.65. The number of carbonyl (C=O) groups excluding carboxylic acids is 1. The third-order valence-corrected chi connectivity index (χ3v) is 3.99. The summed E-state index contributed by atoms with van der Waals surface area (Å²) in [6.07, 6.45) is 0.955. The quantitative estimate of drug-likeness (QED) is 0.563. The van der Waals surface area contributed by atoms with Crippen molar-refractivity contribution in [1.82, 2.24) is 5.32 Å². The molecule has 1 unspecified atom stereocenters. The molecule has 4 nitrogen and oxygen atoms in total. The molecule has 0 saturated heterocycles. The molecule has 1 atom stereocenters. The number of nitrogens with one attached hydrogen (secondary N) is 2. The first-order chi connectivity index (χ1) is 11.0. The molecule has 0 spiro atoms. The van der Waals surface area contributed by atoms with Gasteiger partial charge in [-0.3, -0.25) is 4.79 Å². The largest absolute Gasteiger partial charge is 0.398 e. The highest BCUT2D eigenvalue weighted by molar-refractivity contribution is 6.04. The standard InChI is InChI=1S/C19H23N3O/c1-3-14(15-7-5-4-6-8-15)12-22-19(23)16-9-10-18(21)17(11-16)13(2)20/h4-11,14,20H,3,12,21H2,1-2H3,(H,22,23). The number of carbonyl (C=O) groups is 1. The number of benzene rings is 2. The number of anilines is 1. The molecule has 2 aromatic carbocycles. The van der Waals surface area contributed by atoms with Crippen LogP contribution in [-0.4, -0.2) is 18.2 Å². The molecule has 0 aliphatic carbocycles. The zero-order chi connectivity index (χ0) is 16.8. The summed E-state index contributed by atoms with van der Waals surface area (Å²) in [6.45, 7) is 4.36. The van der Waals surface area contributed by atoms with E-state index in [1.165, 1.54) is 5.56 Å². The Bertz CT molecular complexity index is 695. The average Bonchev–Trinajstić information content (AvgIpc) is 2.56. The molecule has 4 heteroatoms. The lowest BCUT2D eigenvalue weighted by Crippen LogP contribution is -2.28. The van der Waals surface area contributed by atoms with Crippen LogP contribution >= 0.6 is 0 Å². The van der Waals surface area contributed by atoms with Crippen molar-refractivity contribution in [2.75, 3.05) is 12.3 Å². The first-order valence-electron chi connectivity index (χ1n) is 7.81. The van der Waals surface area contributed by atoms with Gasteiger partial charge in [0.1, 0.15) is 0 Å². The Morgan fingerprint density at radius 1 is 1.22 bits per heavy atom. The third kappa shape index (κ3) is 4.19. The normalized spacial score (nSPS) is 11.7. The number of nitrogen functional groups attached to an aromatic ring is 1. The molecule has 0 aromatic heterocycles. The van der Waals surface area contributed by atoms with Gasteiger partial charge in [-0.05, 0) is 37.1 Å². The lowest BCUT2D eigenvalue weighted by atomic mass is 9.96. The molecule has 2 aromatic rings. The van der Waals surface area contributed by atoms with Gasteiger partial charge in [-0.15, -0.1) is 0 Å². The summed E-state index contributed by atoms with van der Waals surface area (Å²) >= 11 is 0. The highest BCUT2D eigenvalue weighted by atomic mass is 16.1. The molecule has 120 valence electrons. The van der Waals surface area contributed by atoms with Gasteiger partial charge in [-0.25, -0.2) is 0 Å². The summed E-state index contributed by atoms with van der Waals surface area (Å²) in [6, 6.07) is 15.2. The maximum Gasteiger partial charge on any atom is 0.251 e. The van der Waals surface area contributed by atoms with Crippen LogP contribution in [0.5, 0.6) is 0 Å². The minimum atomic E-state index is -0.137. The fourth-order valence-electron chi connectivity index (χ4n) is 2.56. The maximum atomic E-state index is 12.4. The number of hydrogen-bond donors (Lipinski definition) is 3. The van der Waals surface area contributed by atoms with Crippen molar-refractivity contribution in [3.63, 3.8) is 0 Å². The molecule has 2 rings (SSSR count). The first kappa shape index (κ1) is 16.7. The summed E-state index contributed by atoms with van der Waals surface area (Å²) in [4.78, 5) is 12.4. The van der Waals surface area contributed by atoms with E-state index >= 15 is 0 Å². The summed E-state index contributed by atoms with van der Waals surface area (Å²) in [7, 11) is 0. The summed E-state index contributed by atoms with van der Waals surface area (Å²) in [5.41, 5.74) is 9.07. The number of nitrogens with two attached hydrogens (primary N) is 1. The van der Waals surface area contributed by atoms with Crippen molar-refractivity contribution in [2.24, 2.45) is 0 Å². The summed E-state index contributed by atoms with van der Waals surface area (Å²) < 4.78 is 0. The molecule has 4 N–H and O–H groups in total. The lowest BCUT2D eigenvalue weighted by Gasteiger charge is -2.16. The van der Waals surface area contributed by atoms with Crippen LogP contribution in [-0.2, 0) is 0 Å². The fourth-order valence-corrected chi connectivity index (χ4v) is 2.56. The van der Waals surface area contributed by atoms with E-state index in [4.69, 9.17) is 11.1 Å². The highest BCUT2D eigenvalue weighted by Crippen LogP contribution is 2.19. The minimum Gasteiger partial charge on any atom is -0.398 e. The van der Waals surface area contributed by atoms with Gasteiger partial charge < -0.3 is 16.5 Å². The fraction of sp³-hybridized carbons (Fsp3) is 0.263. The van der Waals surface area contributed by atoms with Crippen molar-refractivity contribution < 1.29 is 4.79 Å². The predicted octanol–water partition coefficient (Wildman–Crippen LogP) is 3.58. The van der Waals surface area contributed by atoms with Crippen molar-refractivity contribution in [3.8, 4) is 0 Å². The zero-order valence-corrected chi connectivity index (χ0v) is 13.6. The van der Waals surface area contributed by atoms with Crippen LogP contribution in [0.3, 0.4) is 0 Å². The third-order valence-electron chi connectivity index (χ3n) is 3.99. The smallest absolute Gasteiger partial charge is 0.251 e. The molecule has 0 fully saturated rings. The van der Waals surface area contributed by atoms with E-state index in [1.54, 1.807) is 25.1 Å². The minimum absolute atomic E-state index is 0.137. The van der Waals surface area contributed by atoms with E-state index in [1.807, 2.05) is 18.2 Å². The van der Waals surface area contributed by atoms with Gasteiger partial charge in [0.2, 0.25) is 0 Å². The van der Waals surface area contributed by atoms with E-state index in [0.717, 1.165) is 6.42 Å². The van der Waals surface area contributed by atoms with Crippen LogP contribution < -0.4 is 11.1 Å². The van der Waals surface area contributed by atoms with Crippen molar-refractivity contribution in [1.29, 1.82) is 5.41 Å². The number of amides is 1. The number of rotatable bonds is 6. The Balaban J connectivity index is 2.07. The Hall–Kier alpha value is -2.62. The molecule has 0 heterocycles. The van der Waals surface area contributed by atoms with Crippen LogP contribution in [0.25, 0.3) is 0 Å². The highest BCUT2D eigenvalue weighted by Gasteiger charge is 2.13. The SMILES string of the molecule is CCC(CNC(=O)c1ccc(N)c(C(C)=N)c1)c1ccccc1. The molecule has 1 amide bonds. The molecule has 0 saturated carbocycles. The summed E-state index contributed by atoms with van der Waals surface area (Å²) in [5, 5.41) is 10.7. The van der Waals surface area contributed by atoms with Crippen molar-refractivity contribution in [3.05, 3.63) is 65.2 Å². The Labute approximate surface area is 137 Å². The van der Waals surface area contributed by atoms with E-state index in [9.17, 15) is 4.79 Å². The second-order valence-electron chi connectivity index (χ2n) is 5.65. The van der Waals surface area contributed by atoms with Crippen LogP contribution in [0.15, 0.2) is 48.5 Å². The summed E-state index contributed by atoms with van der Waals surface area (Å²) in [5.74, 6) is 0.153.